The van der Waals surface area contributed by atoms with E-state index < -0.39 is 5.97 Å². The molecule has 0 aliphatic heterocycles. The minimum Gasteiger partial charge on any atom is -0.478 e. The number of hydrogen-bond donors (Lipinski definition) is 2. The zero-order chi connectivity index (χ0) is 16.5. The number of benzene rings is 1. The van der Waals surface area contributed by atoms with Crippen LogP contribution in [0.5, 0.6) is 0 Å². The van der Waals surface area contributed by atoms with E-state index in [1.54, 1.807) is 44.4 Å². The number of aliphatic hydroxyl groups is 1. The molecule has 1 heterocycles. The first-order chi connectivity index (χ1) is 10.5. The fourth-order valence-electron chi connectivity index (χ4n) is 1.68. The molecule has 0 fully saturated rings. The summed E-state index contributed by atoms with van der Waals surface area (Å²) in [5, 5.41) is 18.3. The Kier molecular flexibility index (Phi) is 6.72. The molecule has 6 heteroatoms. The average Bonchev–Trinajstić information content (AvgIpc) is 2.55. The largest absolute Gasteiger partial charge is 0.478 e. The first-order valence-corrected chi connectivity index (χ1v) is 6.50. The van der Waals surface area contributed by atoms with Gasteiger partial charge in [0.1, 0.15) is 0 Å². The number of amides is 1. The number of hydrogen-bond acceptors (Lipinski definition) is 4. The van der Waals surface area contributed by atoms with Crippen LogP contribution in [0.4, 0.5) is 0 Å². The molecule has 116 valence electrons. The lowest BCUT2D eigenvalue weighted by Gasteiger charge is -2.08. The van der Waals surface area contributed by atoms with Crippen molar-refractivity contribution >= 4 is 12.4 Å². The van der Waals surface area contributed by atoms with E-state index in [0.717, 1.165) is 6.41 Å². The fourth-order valence-corrected chi connectivity index (χ4v) is 1.68. The van der Waals surface area contributed by atoms with Crippen LogP contribution in [-0.4, -0.2) is 46.6 Å². The first kappa shape index (κ1) is 17.3. The van der Waals surface area contributed by atoms with E-state index in [0.29, 0.717) is 16.8 Å². The van der Waals surface area contributed by atoms with Crippen LogP contribution >= 0.6 is 0 Å². The van der Waals surface area contributed by atoms with Crippen molar-refractivity contribution in [2.75, 3.05) is 14.1 Å². The molecule has 0 saturated carbocycles. The molecular weight excluding hydrogens is 284 g/mol. The molecule has 0 spiro atoms. The molecule has 0 radical (unpaired) electrons. The normalized spacial score (nSPS) is 9.41. The van der Waals surface area contributed by atoms with E-state index in [1.807, 2.05) is 0 Å². The van der Waals surface area contributed by atoms with Gasteiger partial charge < -0.3 is 15.1 Å². The molecule has 0 aliphatic rings. The van der Waals surface area contributed by atoms with Gasteiger partial charge in [0.15, 0.2) is 0 Å². The SMILES string of the molecule is CN(C)C=O.O=C(O)c1cccnc1-c1ccccc1CO. The summed E-state index contributed by atoms with van der Waals surface area (Å²) >= 11 is 0. The maximum absolute atomic E-state index is 11.1. The number of aromatic carboxylic acids is 1. The Hall–Kier alpha value is -2.73. The Morgan fingerprint density at radius 3 is 2.41 bits per heavy atom. The van der Waals surface area contributed by atoms with Crippen molar-refractivity contribution in [1.82, 2.24) is 9.88 Å². The number of carbonyl (C=O) groups excluding carboxylic acids is 1. The van der Waals surface area contributed by atoms with Gasteiger partial charge in [0, 0.05) is 25.9 Å². The van der Waals surface area contributed by atoms with Gasteiger partial charge in [-0.2, -0.15) is 0 Å². The summed E-state index contributed by atoms with van der Waals surface area (Å²) in [4.78, 5) is 26.1. The summed E-state index contributed by atoms with van der Waals surface area (Å²) < 4.78 is 0. The monoisotopic (exact) mass is 302 g/mol. The molecule has 0 unspecified atom stereocenters. The number of nitrogens with zero attached hydrogens (tertiary/aromatic N) is 2. The summed E-state index contributed by atoms with van der Waals surface area (Å²) in [5.41, 5.74) is 1.82. The average molecular weight is 302 g/mol. The minimum absolute atomic E-state index is 0.133. The van der Waals surface area contributed by atoms with E-state index in [1.165, 1.54) is 17.2 Å². The zero-order valence-electron chi connectivity index (χ0n) is 12.4. The third kappa shape index (κ3) is 4.68. The Bertz CT molecular complexity index is 642. The molecule has 1 aromatic carbocycles. The van der Waals surface area contributed by atoms with Gasteiger partial charge in [-0.3, -0.25) is 9.78 Å². The molecule has 2 N–H and O–H groups in total. The molecule has 1 amide bonds. The Morgan fingerprint density at radius 1 is 1.23 bits per heavy atom. The fraction of sp³-hybridized carbons (Fsp3) is 0.188. The Balaban J connectivity index is 0.000000422. The van der Waals surface area contributed by atoms with Gasteiger partial charge in [-0.1, -0.05) is 24.3 Å². The number of carboxylic acids is 1. The number of carboxylic acid groups (broad SMARTS) is 1. The summed E-state index contributed by atoms with van der Waals surface area (Å²) in [6, 6.07) is 10.1. The van der Waals surface area contributed by atoms with Crippen LogP contribution < -0.4 is 0 Å². The van der Waals surface area contributed by atoms with E-state index >= 15 is 0 Å². The third-order valence-electron chi connectivity index (χ3n) is 2.69. The molecule has 2 rings (SSSR count). The second-order valence-corrected chi connectivity index (χ2v) is 4.59. The molecule has 1 aromatic heterocycles. The van der Waals surface area contributed by atoms with Crippen LogP contribution in [0, 0.1) is 0 Å². The molecule has 0 bridgehead atoms. The van der Waals surface area contributed by atoms with Crippen LogP contribution in [0.2, 0.25) is 0 Å². The van der Waals surface area contributed by atoms with E-state index in [2.05, 4.69) is 4.98 Å². The molecule has 2 aromatic rings. The number of aliphatic hydroxyl groups excluding tert-OH is 1. The Labute approximate surface area is 128 Å². The minimum atomic E-state index is -1.03. The highest BCUT2D eigenvalue weighted by atomic mass is 16.4. The van der Waals surface area contributed by atoms with Crippen molar-refractivity contribution in [3.8, 4) is 11.3 Å². The summed E-state index contributed by atoms with van der Waals surface area (Å²) in [7, 11) is 3.38. The van der Waals surface area contributed by atoms with Crippen LogP contribution in [0.3, 0.4) is 0 Å². The highest BCUT2D eigenvalue weighted by Crippen LogP contribution is 2.24. The van der Waals surface area contributed by atoms with Crippen molar-refractivity contribution in [3.63, 3.8) is 0 Å². The van der Waals surface area contributed by atoms with Gasteiger partial charge in [0.05, 0.1) is 17.9 Å². The third-order valence-corrected chi connectivity index (χ3v) is 2.69. The summed E-state index contributed by atoms with van der Waals surface area (Å²) in [6.07, 6.45) is 2.29. The maximum Gasteiger partial charge on any atom is 0.337 e. The van der Waals surface area contributed by atoms with Gasteiger partial charge in [0.2, 0.25) is 6.41 Å². The van der Waals surface area contributed by atoms with Gasteiger partial charge in [-0.25, -0.2) is 4.79 Å². The summed E-state index contributed by atoms with van der Waals surface area (Å²) in [6.45, 7) is -0.147. The van der Waals surface area contributed by atoms with E-state index in [-0.39, 0.29) is 12.2 Å². The molecule has 0 aliphatic carbocycles. The molecule has 6 nitrogen and oxygen atoms in total. The molecular formula is C16H18N2O4. The van der Waals surface area contributed by atoms with Gasteiger partial charge in [0.25, 0.3) is 0 Å². The second kappa shape index (κ2) is 8.53. The van der Waals surface area contributed by atoms with Gasteiger partial charge in [-0.05, 0) is 17.7 Å². The predicted molar refractivity (Wildman–Crippen MR) is 82.3 cm³/mol. The number of carbonyl (C=O) groups is 2. The van der Waals surface area contributed by atoms with Crippen molar-refractivity contribution in [2.45, 2.75) is 6.61 Å². The molecule has 0 saturated heterocycles. The van der Waals surface area contributed by atoms with Crippen LogP contribution in [0.1, 0.15) is 15.9 Å². The lowest BCUT2D eigenvalue weighted by molar-refractivity contribution is -0.115. The smallest absolute Gasteiger partial charge is 0.337 e. The van der Waals surface area contributed by atoms with Crippen molar-refractivity contribution < 1.29 is 19.8 Å². The maximum atomic E-state index is 11.1. The summed E-state index contributed by atoms with van der Waals surface area (Å²) in [5.74, 6) is -1.03. The molecule has 22 heavy (non-hydrogen) atoms. The topological polar surface area (TPSA) is 90.7 Å². The Morgan fingerprint density at radius 2 is 1.86 bits per heavy atom. The van der Waals surface area contributed by atoms with Gasteiger partial charge in [-0.15, -0.1) is 0 Å². The first-order valence-electron chi connectivity index (χ1n) is 6.50. The predicted octanol–water partition coefficient (Wildman–Crippen LogP) is 1.64. The lowest BCUT2D eigenvalue weighted by atomic mass is 10.0. The number of rotatable bonds is 4. The molecule has 0 atom stereocenters. The van der Waals surface area contributed by atoms with E-state index in [9.17, 15) is 14.7 Å². The van der Waals surface area contributed by atoms with Crippen molar-refractivity contribution in [3.05, 3.63) is 53.7 Å². The van der Waals surface area contributed by atoms with Crippen molar-refractivity contribution in [2.24, 2.45) is 0 Å². The highest BCUT2D eigenvalue weighted by molar-refractivity contribution is 5.95. The van der Waals surface area contributed by atoms with Crippen LogP contribution in [0.25, 0.3) is 11.3 Å². The highest BCUT2D eigenvalue weighted by Gasteiger charge is 2.14. The van der Waals surface area contributed by atoms with E-state index in [4.69, 9.17) is 5.11 Å². The van der Waals surface area contributed by atoms with Gasteiger partial charge >= 0.3 is 5.97 Å². The number of pyridine rings is 1. The number of aromatic nitrogens is 1. The quantitative estimate of drug-likeness (QED) is 0.838. The van der Waals surface area contributed by atoms with Crippen molar-refractivity contribution in [1.29, 1.82) is 0 Å². The second-order valence-electron chi connectivity index (χ2n) is 4.59. The zero-order valence-corrected chi connectivity index (χ0v) is 12.4. The lowest BCUT2D eigenvalue weighted by Crippen LogP contribution is -2.06. The van der Waals surface area contributed by atoms with Crippen LogP contribution in [0.15, 0.2) is 42.6 Å². The standard InChI is InChI=1S/C13H11NO3.C3H7NO/c15-8-9-4-1-2-5-10(9)12-11(13(16)17)6-3-7-14-12;1-4(2)3-5/h1-7,15H,8H2,(H,16,17);3H,1-2H3. The van der Waals surface area contributed by atoms with Crippen LogP contribution in [-0.2, 0) is 11.4 Å².